The lowest BCUT2D eigenvalue weighted by molar-refractivity contribution is -0.138. The lowest BCUT2D eigenvalue weighted by Gasteiger charge is -2.38. The van der Waals surface area contributed by atoms with Crippen LogP contribution < -0.4 is 5.73 Å². The van der Waals surface area contributed by atoms with Gasteiger partial charge in [0.25, 0.3) is 0 Å². The third kappa shape index (κ3) is 4.93. The Kier molecular flexibility index (Phi) is 6.91. The summed E-state index contributed by atoms with van der Waals surface area (Å²) in [5.74, 6) is -0.0868. The van der Waals surface area contributed by atoms with Gasteiger partial charge in [-0.3, -0.25) is 4.79 Å². The molecule has 0 aliphatic carbocycles. The van der Waals surface area contributed by atoms with Gasteiger partial charge in [0.05, 0.1) is 4.90 Å². The normalized spacial score (nSPS) is 19.3. The summed E-state index contributed by atoms with van der Waals surface area (Å²) in [6, 6.07) is 3.49. The molecule has 2 heterocycles. The Balaban J connectivity index is 1.67. The number of nitrogens with two attached hydrogens (primary N) is 1. The summed E-state index contributed by atoms with van der Waals surface area (Å²) in [5.41, 5.74) is 7.89. The highest BCUT2D eigenvalue weighted by Gasteiger charge is 2.35. The Hall–Kier alpha value is -2.13. The highest BCUT2D eigenvalue weighted by atomic mass is 32.2. The maximum absolute atomic E-state index is 13.4. The molecule has 2 aliphatic rings. The van der Waals surface area contributed by atoms with E-state index in [0.717, 1.165) is 16.7 Å². The number of hydrogen-bond acceptors (Lipinski definition) is 4. The molecule has 0 saturated carbocycles. The van der Waals surface area contributed by atoms with Gasteiger partial charge in [0.15, 0.2) is 0 Å². The molecular formula is C23H36N4O4S. The van der Waals surface area contributed by atoms with E-state index in [0.29, 0.717) is 43.9 Å². The molecule has 0 radical (unpaired) electrons. The van der Waals surface area contributed by atoms with Crippen molar-refractivity contribution in [2.24, 2.45) is 11.7 Å². The number of carbonyl (C=O) groups is 2. The molecule has 178 valence electrons. The van der Waals surface area contributed by atoms with Crippen LogP contribution >= 0.6 is 0 Å². The van der Waals surface area contributed by atoms with Crippen LogP contribution in [0.2, 0.25) is 0 Å². The minimum atomic E-state index is -3.64. The lowest BCUT2D eigenvalue weighted by Crippen LogP contribution is -2.53. The molecule has 3 rings (SSSR count). The number of hydrogen-bond donors (Lipinski definition) is 1. The van der Waals surface area contributed by atoms with Gasteiger partial charge in [-0.2, -0.15) is 4.31 Å². The lowest BCUT2D eigenvalue weighted by atomic mass is 9.85. The summed E-state index contributed by atoms with van der Waals surface area (Å²) in [5, 5.41) is 0. The van der Waals surface area contributed by atoms with Crippen LogP contribution in [-0.4, -0.2) is 73.7 Å². The Morgan fingerprint density at radius 1 is 0.906 bits per heavy atom. The van der Waals surface area contributed by atoms with E-state index in [4.69, 9.17) is 5.73 Å². The Labute approximate surface area is 191 Å². The smallest absolute Gasteiger partial charge is 0.314 e. The molecule has 0 atom stereocenters. The number of piperidine rings is 1. The number of benzene rings is 1. The molecule has 2 fully saturated rings. The van der Waals surface area contributed by atoms with Gasteiger partial charge < -0.3 is 15.5 Å². The van der Waals surface area contributed by atoms with Crippen LogP contribution in [0, 0.1) is 19.8 Å². The van der Waals surface area contributed by atoms with Gasteiger partial charge >= 0.3 is 6.03 Å². The number of piperazine rings is 1. The number of rotatable bonds is 3. The van der Waals surface area contributed by atoms with Crippen LogP contribution in [0.15, 0.2) is 17.0 Å². The average Bonchev–Trinajstić information content (AvgIpc) is 2.72. The molecule has 0 aromatic heterocycles. The number of carbonyl (C=O) groups excluding carboxylic acids is 2. The standard InChI is InChI=1S/C23H36N4O4S/c1-16-14-19(23(3,4)5)15-17(2)20(16)32(30,31)27-12-10-25(11-13-27)21(28)18-6-8-26(9-7-18)22(24)29/h14-15,18H,6-13H2,1-5H3,(H2,24,29). The fraction of sp³-hybridized carbons (Fsp3) is 0.652. The van der Waals surface area contributed by atoms with E-state index in [1.54, 1.807) is 9.80 Å². The van der Waals surface area contributed by atoms with Crippen LogP contribution in [0.4, 0.5) is 4.79 Å². The predicted octanol–water partition coefficient (Wildman–Crippen LogP) is 2.22. The first kappa shape index (κ1) is 24.5. The molecule has 2 N–H and O–H groups in total. The molecule has 1 aromatic carbocycles. The van der Waals surface area contributed by atoms with Crippen molar-refractivity contribution in [2.75, 3.05) is 39.3 Å². The van der Waals surface area contributed by atoms with E-state index in [1.807, 2.05) is 26.0 Å². The second-order valence-electron chi connectivity index (χ2n) is 10.0. The maximum atomic E-state index is 13.4. The van der Waals surface area contributed by atoms with Gasteiger partial charge in [-0.25, -0.2) is 13.2 Å². The van der Waals surface area contributed by atoms with Gasteiger partial charge in [-0.1, -0.05) is 32.9 Å². The minimum Gasteiger partial charge on any atom is -0.351 e. The molecule has 1 aromatic rings. The Morgan fingerprint density at radius 3 is 1.84 bits per heavy atom. The van der Waals surface area contributed by atoms with Gasteiger partial charge in [0, 0.05) is 45.2 Å². The molecule has 0 unspecified atom stereocenters. The van der Waals surface area contributed by atoms with Gasteiger partial charge in [-0.05, 0) is 48.8 Å². The summed E-state index contributed by atoms with van der Waals surface area (Å²) >= 11 is 0. The molecule has 2 saturated heterocycles. The molecule has 2 aliphatic heterocycles. The van der Waals surface area contributed by atoms with E-state index < -0.39 is 16.1 Å². The quantitative estimate of drug-likeness (QED) is 0.741. The second kappa shape index (κ2) is 9.02. The van der Waals surface area contributed by atoms with Crippen LogP contribution in [0.3, 0.4) is 0 Å². The van der Waals surface area contributed by atoms with Crippen molar-refractivity contribution in [3.63, 3.8) is 0 Å². The highest BCUT2D eigenvalue weighted by Crippen LogP contribution is 2.31. The molecule has 9 heteroatoms. The second-order valence-corrected chi connectivity index (χ2v) is 11.9. The highest BCUT2D eigenvalue weighted by molar-refractivity contribution is 7.89. The zero-order chi connectivity index (χ0) is 23.8. The minimum absolute atomic E-state index is 0.0491. The predicted molar refractivity (Wildman–Crippen MR) is 124 cm³/mol. The molecular weight excluding hydrogens is 428 g/mol. The fourth-order valence-electron chi connectivity index (χ4n) is 4.67. The van der Waals surface area contributed by atoms with Crippen molar-refractivity contribution in [2.45, 2.75) is 57.8 Å². The molecule has 3 amide bonds. The van der Waals surface area contributed by atoms with Crippen molar-refractivity contribution in [3.8, 4) is 0 Å². The van der Waals surface area contributed by atoms with Gasteiger partial charge in [-0.15, -0.1) is 0 Å². The maximum Gasteiger partial charge on any atom is 0.314 e. The third-order valence-electron chi connectivity index (χ3n) is 6.63. The largest absolute Gasteiger partial charge is 0.351 e. The Bertz CT molecular complexity index is 961. The topological polar surface area (TPSA) is 104 Å². The van der Waals surface area contributed by atoms with Crippen molar-refractivity contribution < 1.29 is 18.0 Å². The number of nitrogens with zero attached hydrogens (tertiary/aromatic N) is 3. The molecule has 32 heavy (non-hydrogen) atoms. The van der Waals surface area contributed by atoms with Crippen molar-refractivity contribution in [1.82, 2.24) is 14.1 Å². The zero-order valence-electron chi connectivity index (χ0n) is 19.8. The SMILES string of the molecule is Cc1cc(C(C)(C)C)cc(C)c1S(=O)(=O)N1CCN(C(=O)C2CCN(C(N)=O)CC2)CC1. The molecule has 8 nitrogen and oxygen atoms in total. The fourth-order valence-corrected chi connectivity index (χ4v) is 6.51. The zero-order valence-corrected chi connectivity index (χ0v) is 20.7. The van der Waals surface area contributed by atoms with Crippen molar-refractivity contribution >= 4 is 22.0 Å². The summed E-state index contributed by atoms with van der Waals surface area (Å²) in [4.78, 5) is 27.9. The number of primary amides is 1. The van der Waals surface area contributed by atoms with E-state index >= 15 is 0 Å². The van der Waals surface area contributed by atoms with Crippen LogP contribution in [0.1, 0.15) is 50.3 Å². The number of likely N-dealkylation sites (tertiary alicyclic amines) is 1. The molecule has 0 bridgehead atoms. The van der Waals surface area contributed by atoms with E-state index in [9.17, 15) is 18.0 Å². The summed E-state index contributed by atoms with van der Waals surface area (Å²) in [6.45, 7) is 12.4. The first-order chi connectivity index (χ1) is 14.8. The Morgan fingerprint density at radius 2 is 1.41 bits per heavy atom. The molecule has 0 spiro atoms. The van der Waals surface area contributed by atoms with Crippen molar-refractivity contribution in [1.29, 1.82) is 0 Å². The first-order valence-electron chi connectivity index (χ1n) is 11.3. The van der Waals surface area contributed by atoms with Crippen LogP contribution in [0.5, 0.6) is 0 Å². The van der Waals surface area contributed by atoms with Gasteiger partial charge in [0.2, 0.25) is 15.9 Å². The summed E-state index contributed by atoms with van der Waals surface area (Å²) < 4.78 is 28.4. The third-order valence-corrected chi connectivity index (χ3v) is 8.84. The number of amides is 3. The number of sulfonamides is 1. The summed E-state index contributed by atoms with van der Waals surface area (Å²) in [6.07, 6.45) is 1.19. The van der Waals surface area contributed by atoms with Crippen LogP contribution in [0.25, 0.3) is 0 Å². The number of urea groups is 1. The van der Waals surface area contributed by atoms with Crippen LogP contribution in [-0.2, 0) is 20.2 Å². The first-order valence-corrected chi connectivity index (χ1v) is 12.7. The van der Waals surface area contributed by atoms with E-state index in [1.165, 1.54) is 4.31 Å². The average molecular weight is 465 g/mol. The number of aryl methyl sites for hydroxylation is 2. The van der Waals surface area contributed by atoms with Crippen molar-refractivity contribution in [3.05, 3.63) is 28.8 Å². The van der Waals surface area contributed by atoms with Gasteiger partial charge in [0.1, 0.15) is 0 Å². The van der Waals surface area contributed by atoms with E-state index in [2.05, 4.69) is 20.8 Å². The van der Waals surface area contributed by atoms with E-state index in [-0.39, 0.29) is 30.3 Å². The summed E-state index contributed by atoms with van der Waals surface area (Å²) in [7, 11) is -3.64. The monoisotopic (exact) mass is 464 g/mol.